The normalized spacial score (nSPS) is 19.4. The van der Waals surface area contributed by atoms with Gasteiger partial charge in [0.25, 0.3) is 0 Å². The molecule has 0 aromatic carbocycles. The molecule has 2 heterocycles. The van der Waals surface area contributed by atoms with E-state index >= 15 is 0 Å². The fourth-order valence-corrected chi connectivity index (χ4v) is 2.65. The van der Waals surface area contributed by atoms with Crippen LogP contribution in [0.3, 0.4) is 0 Å². The van der Waals surface area contributed by atoms with Gasteiger partial charge < -0.3 is 15.0 Å². The van der Waals surface area contributed by atoms with Gasteiger partial charge >= 0.3 is 5.97 Å². The number of carbonyl (C=O) groups is 1. The maximum atomic E-state index is 11.8. The molecule has 1 aromatic rings. The van der Waals surface area contributed by atoms with Crippen LogP contribution in [-0.4, -0.2) is 53.4 Å². The largest absolute Gasteiger partial charge is 0.462 e. The van der Waals surface area contributed by atoms with Crippen molar-refractivity contribution in [3.8, 4) is 0 Å². The number of likely N-dealkylation sites (tertiary alicyclic amines) is 1. The summed E-state index contributed by atoms with van der Waals surface area (Å²) in [5.41, 5.74) is 1.44. The highest BCUT2D eigenvalue weighted by Gasteiger charge is 2.21. The highest BCUT2D eigenvalue weighted by molar-refractivity contribution is 5.90. The van der Waals surface area contributed by atoms with Crippen molar-refractivity contribution in [1.82, 2.24) is 20.0 Å². The Balaban J connectivity index is 1.91. The maximum absolute atomic E-state index is 11.8. The average Bonchev–Trinajstić information content (AvgIpc) is 2.98. The fourth-order valence-electron chi connectivity index (χ4n) is 2.65. The summed E-state index contributed by atoms with van der Waals surface area (Å²) in [6.07, 6.45) is 4.08. The number of hydrogen-bond donors (Lipinski definition) is 1. The molecule has 1 aromatic heterocycles. The number of aromatic nitrogens is 2. The van der Waals surface area contributed by atoms with Crippen LogP contribution in [0.1, 0.15) is 35.8 Å². The first-order valence-corrected chi connectivity index (χ1v) is 7.22. The van der Waals surface area contributed by atoms with Crippen molar-refractivity contribution in [3.05, 3.63) is 17.5 Å². The van der Waals surface area contributed by atoms with Crippen LogP contribution in [0, 0.1) is 0 Å². The molecule has 0 saturated carbocycles. The van der Waals surface area contributed by atoms with Gasteiger partial charge in [0.1, 0.15) is 5.56 Å². The van der Waals surface area contributed by atoms with Gasteiger partial charge in [-0.2, -0.15) is 5.10 Å². The van der Waals surface area contributed by atoms with Crippen LogP contribution in [0.25, 0.3) is 0 Å². The Morgan fingerprint density at radius 3 is 3.00 bits per heavy atom. The highest BCUT2D eigenvalue weighted by atomic mass is 16.5. The number of rotatable bonds is 6. The zero-order valence-electron chi connectivity index (χ0n) is 12.6. The smallest absolute Gasteiger partial charge is 0.341 e. The van der Waals surface area contributed by atoms with Gasteiger partial charge in [-0.15, -0.1) is 0 Å². The number of aryl methyl sites for hydroxylation is 1. The molecular weight excluding hydrogens is 256 g/mol. The number of hydrogen-bond acceptors (Lipinski definition) is 5. The number of ether oxygens (including phenoxy) is 1. The zero-order chi connectivity index (χ0) is 14.5. The molecule has 1 saturated heterocycles. The predicted octanol–water partition coefficient (Wildman–Crippen LogP) is 0.781. The standard InChI is InChI=1S/C14H24N4O2/c1-4-20-14(19)12-9-16-18(3)13(12)10-15-8-11-6-5-7-17(11)2/h9,11,15H,4-8,10H2,1-3H3. The van der Waals surface area contributed by atoms with Crippen LogP contribution in [0.5, 0.6) is 0 Å². The van der Waals surface area contributed by atoms with Crippen molar-refractivity contribution in [2.45, 2.75) is 32.4 Å². The van der Waals surface area contributed by atoms with Crippen molar-refractivity contribution in [1.29, 1.82) is 0 Å². The average molecular weight is 280 g/mol. The van der Waals surface area contributed by atoms with Gasteiger partial charge in [0.2, 0.25) is 0 Å². The second-order valence-electron chi connectivity index (χ2n) is 5.26. The lowest BCUT2D eigenvalue weighted by atomic mass is 10.2. The lowest BCUT2D eigenvalue weighted by Gasteiger charge is -2.19. The fraction of sp³-hybridized carbons (Fsp3) is 0.714. The van der Waals surface area contributed by atoms with E-state index in [1.165, 1.54) is 19.4 Å². The topological polar surface area (TPSA) is 59.4 Å². The molecule has 20 heavy (non-hydrogen) atoms. The molecule has 6 heteroatoms. The molecule has 6 nitrogen and oxygen atoms in total. The van der Waals surface area contributed by atoms with Gasteiger partial charge in [-0.25, -0.2) is 4.79 Å². The molecule has 1 aliphatic heterocycles. The third-order valence-electron chi connectivity index (χ3n) is 3.90. The Kier molecular flexibility index (Phi) is 5.14. The third-order valence-corrected chi connectivity index (χ3v) is 3.90. The molecule has 1 fully saturated rings. The molecule has 2 rings (SSSR count). The van der Waals surface area contributed by atoms with Crippen molar-refractivity contribution in [3.63, 3.8) is 0 Å². The molecule has 0 aliphatic carbocycles. The van der Waals surface area contributed by atoms with E-state index in [2.05, 4.69) is 22.4 Å². The second-order valence-corrected chi connectivity index (χ2v) is 5.26. The summed E-state index contributed by atoms with van der Waals surface area (Å²) < 4.78 is 6.78. The van der Waals surface area contributed by atoms with Gasteiger partial charge in [0.05, 0.1) is 18.5 Å². The summed E-state index contributed by atoms with van der Waals surface area (Å²) in [6, 6.07) is 0.592. The van der Waals surface area contributed by atoms with Crippen LogP contribution in [0.4, 0.5) is 0 Å². The van der Waals surface area contributed by atoms with E-state index in [1.807, 2.05) is 14.0 Å². The Bertz CT molecular complexity index is 458. The second kappa shape index (κ2) is 6.85. The van der Waals surface area contributed by atoms with Crippen LogP contribution in [-0.2, 0) is 18.3 Å². The highest BCUT2D eigenvalue weighted by Crippen LogP contribution is 2.14. The van der Waals surface area contributed by atoms with Crippen molar-refractivity contribution in [2.24, 2.45) is 7.05 Å². The molecular formula is C14H24N4O2. The summed E-state index contributed by atoms with van der Waals surface area (Å²) in [6.45, 7) is 4.93. The van der Waals surface area contributed by atoms with Crippen LogP contribution >= 0.6 is 0 Å². The van der Waals surface area contributed by atoms with E-state index in [4.69, 9.17) is 4.74 Å². The lowest BCUT2D eigenvalue weighted by molar-refractivity contribution is 0.0524. The Hall–Kier alpha value is -1.40. The monoisotopic (exact) mass is 280 g/mol. The third kappa shape index (κ3) is 3.37. The summed E-state index contributed by atoms with van der Waals surface area (Å²) in [7, 11) is 4.01. The Morgan fingerprint density at radius 2 is 2.35 bits per heavy atom. The first-order valence-electron chi connectivity index (χ1n) is 7.22. The minimum Gasteiger partial charge on any atom is -0.462 e. The number of nitrogens with zero attached hydrogens (tertiary/aromatic N) is 3. The van der Waals surface area contributed by atoms with Gasteiger partial charge in [0.15, 0.2) is 0 Å². The van der Waals surface area contributed by atoms with E-state index in [9.17, 15) is 4.79 Å². The van der Waals surface area contributed by atoms with E-state index in [-0.39, 0.29) is 5.97 Å². The molecule has 112 valence electrons. The molecule has 1 unspecified atom stereocenters. The lowest BCUT2D eigenvalue weighted by Crippen LogP contribution is -2.35. The number of carbonyl (C=O) groups excluding carboxylic acids is 1. The molecule has 1 N–H and O–H groups in total. The maximum Gasteiger partial charge on any atom is 0.341 e. The van der Waals surface area contributed by atoms with Crippen molar-refractivity contribution >= 4 is 5.97 Å². The van der Waals surface area contributed by atoms with Gasteiger partial charge in [0, 0.05) is 26.2 Å². The number of likely N-dealkylation sites (N-methyl/N-ethyl adjacent to an activating group) is 1. The quantitative estimate of drug-likeness (QED) is 0.780. The molecule has 0 amide bonds. The summed E-state index contributed by atoms with van der Waals surface area (Å²) in [5.74, 6) is -0.296. The van der Waals surface area contributed by atoms with Gasteiger partial charge in [-0.1, -0.05) is 0 Å². The SMILES string of the molecule is CCOC(=O)c1cnn(C)c1CNCC1CCCN1C. The van der Waals surface area contributed by atoms with Gasteiger partial charge in [-0.05, 0) is 33.4 Å². The molecule has 1 atom stereocenters. The van der Waals surface area contributed by atoms with E-state index in [1.54, 1.807) is 10.9 Å². The number of esters is 1. The first-order chi connectivity index (χ1) is 9.63. The van der Waals surface area contributed by atoms with Crippen molar-refractivity contribution in [2.75, 3.05) is 26.7 Å². The predicted molar refractivity (Wildman–Crippen MR) is 76.5 cm³/mol. The van der Waals surface area contributed by atoms with E-state index < -0.39 is 0 Å². The first kappa shape index (κ1) is 15.0. The van der Waals surface area contributed by atoms with Crippen molar-refractivity contribution < 1.29 is 9.53 Å². The van der Waals surface area contributed by atoms with Crippen LogP contribution < -0.4 is 5.32 Å². The minimum atomic E-state index is -0.296. The number of nitrogens with one attached hydrogen (secondary N) is 1. The summed E-state index contributed by atoms with van der Waals surface area (Å²) in [5, 5.41) is 7.58. The van der Waals surface area contributed by atoms with Crippen LogP contribution in [0.15, 0.2) is 6.20 Å². The van der Waals surface area contributed by atoms with Gasteiger partial charge in [-0.3, -0.25) is 4.68 Å². The molecule has 0 spiro atoms. The zero-order valence-corrected chi connectivity index (χ0v) is 12.6. The molecule has 0 radical (unpaired) electrons. The minimum absolute atomic E-state index is 0.296. The Labute approximate surface area is 120 Å². The molecule has 1 aliphatic rings. The summed E-state index contributed by atoms with van der Waals surface area (Å²) in [4.78, 5) is 14.2. The summed E-state index contributed by atoms with van der Waals surface area (Å²) >= 11 is 0. The van der Waals surface area contributed by atoms with E-state index in [0.717, 1.165) is 12.2 Å². The van der Waals surface area contributed by atoms with E-state index in [0.29, 0.717) is 24.8 Å². The van der Waals surface area contributed by atoms with Crippen LogP contribution in [0.2, 0.25) is 0 Å². The Morgan fingerprint density at radius 1 is 1.55 bits per heavy atom. The molecule has 0 bridgehead atoms.